The average molecular weight is 622 g/mol. The van der Waals surface area contributed by atoms with Gasteiger partial charge in [-0.3, -0.25) is 19.8 Å². The molecule has 0 unspecified atom stereocenters. The van der Waals surface area contributed by atoms with Gasteiger partial charge in [-0.05, 0) is 57.8 Å². The van der Waals surface area contributed by atoms with Gasteiger partial charge < -0.3 is 10.6 Å². The number of carbonyl (C=O) groups is 1. The van der Waals surface area contributed by atoms with E-state index >= 15 is 0 Å². The lowest BCUT2D eigenvalue weighted by molar-refractivity contribution is -0.384. The van der Waals surface area contributed by atoms with E-state index in [0.717, 1.165) is 50.5 Å². The van der Waals surface area contributed by atoms with E-state index in [0.29, 0.717) is 0 Å². The van der Waals surface area contributed by atoms with Gasteiger partial charge in [0.2, 0.25) is 0 Å². The third-order valence-electron chi connectivity index (χ3n) is 8.11. The Balaban J connectivity index is 1.09. The number of nitrogens with two attached hydrogens (primary N) is 1. The molecule has 228 valence electrons. The van der Waals surface area contributed by atoms with Crippen LogP contribution in [0.15, 0.2) is 114 Å². The quantitative estimate of drug-likeness (QED) is 0.133. The minimum atomic E-state index is -4.43. The summed E-state index contributed by atoms with van der Waals surface area (Å²) in [6, 6.07) is 33.5. The lowest BCUT2D eigenvalue weighted by atomic mass is 9.94. The number of carbonyl (C=O) groups excluding carboxylic acids is 1. The van der Waals surface area contributed by atoms with Crippen LogP contribution in [0, 0.1) is 10.1 Å². The largest absolute Gasteiger partial charge is 0.392 e. The first kappa shape index (κ1) is 29.8. The summed E-state index contributed by atoms with van der Waals surface area (Å²) in [6.07, 6.45) is 0. The third kappa shape index (κ3) is 6.21. The number of amides is 1. The minimum Gasteiger partial charge on any atom is -0.392 e. The van der Waals surface area contributed by atoms with E-state index in [-0.39, 0.29) is 5.56 Å². The van der Waals surface area contributed by atoms with Crippen molar-refractivity contribution in [3.63, 3.8) is 0 Å². The monoisotopic (exact) mass is 621 g/mol. The molecular weight excluding hydrogens is 590 g/mol. The molecule has 1 amide bonds. The van der Waals surface area contributed by atoms with Crippen LogP contribution in [0.4, 0.5) is 17.1 Å². The number of piperazine rings is 1. The van der Waals surface area contributed by atoms with Crippen LogP contribution in [-0.2, 0) is 16.6 Å². The number of nitro groups is 1. The molecule has 5 aromatic carbocycles. The predicted molar refractivity (Wildman–Crippen MR) is 175 cm³/mol. The standard InChI is InChI=1S/C34H31N5O5S/c35-33-31(39(41)42)13-6-14-32(33)45(43,44)36-34(40)25-15-17-27(18-16-25)38-21-19-37(20-22-38)23-26-8-2-4-11-29(26)30-12-5-9-24-7-1-3-10-28(24)30/h1-18H,19-23,35H2,(H,36,40). The normalized spacial score (nSPS) is 13.9. The Morgan fingerprint density at radius 2 is 1.44 bits per heavy atom. The van der Waals surface area contributed by atoms with Gasteiger partial charge in [-0.15, -0.1) is 0 Å². The molecule has 3 N–H and O–H groups in total. The molecule has 1 fully saturated rings. The Morgan fingerprint density at radius 3 is 2.20 bits per heavy atom. The van der Waals surface area contributed by atoms with E-state index in [9.17, 15) is 23.3 Å². The first-order valence-corrected chi connectivity index (χ1v) is 15.9. The SMILES string of the molecule is Nc1c([N+](=O)[O-])cccc1S(=O)(=O)NC(=O)c1ccc(N2CCN(Cc3ccccc3-c3cccc4ccccc34)CC2)cc1. The third-order valence-corrected chi connectivity index (χ3v) is 9.50. The van der Waals surface area contributed by atoms with Gasteiger partial charge in [-0.2, -0.15) is 0 Å². The Hall–Kier alpha value is -5.26. The van der Waals surface area contributed by atoms with Crippen LogP contribution in [0.5, 0.6) is 0 Å². The first-order chi connectivity index (χ1) is 21.7. The van der Waals surface area contributed by atoms with Crippen molar-refractivity contribution in [2.45, 2.75) is 11.4 Å². The number of hydrogen-bond acceptors (Lipinski definition) is 8. The smallest absolute Gasteiger partial charge is 0.293 e. The van der Waals surface area contributed by atoms with Crippen molar-refractivity contribution in [3.05, 3.63) is 130 Å². The van der Waals surface area contributed by atoms with Gasteiger partial charge in [-0.1, -0.05) is 72.8 Å². The molecule has 1 heterocycles. The van der Waals surface area contributed by atoms with E-state index in [2.05, 4.69) is 76.5 Å². The van der Waals surface area contributed by atoms with Crippen LogP contribution in [-0.4, -0.2) is 50.3 Å². The van der Waals surface area contributed by atoms with Crippen LogP contribution in [0.3, 0.4) is 0 Å². The van der Waals surface area contributed by atoms with E-state index in [1.165, 1.54) is 33.5 Å². The van der Waals surface area contributed by atoms with Crippen molar-refractivity contribution in [1.29, 1.82) is 0 Å². The summed E-state index contributed by atoms with van der Waals surface area (Å²) in [5, 5.41) is 13.6. The highest BCUT2D eigenvalue weighted by atomic mass is 32.2. The Morgan fingerprint density at radius 1 is 0.800 bits per heavy atom. The van der Waals surface area contributed by atoms with Crippen molar-refractivity contribution in [2.75, 3.05) is 36.8 Å². The Kier molecular flexibility index (Phi) is 8.20. The second-order valence-corrected chi connectivity index (χ2v) is 12.5. The summed E-state index contributed by atoms with van der Waals surface area (Å²) in [4.78, 5) is 27.3. The number of nitrogen functional groups attached to an aromatic ring is 1. The molecule has 0 saturated carbocycles. The molecule has 1 aliphatic heterocycles. The molecule has 0 radical (unpaired) electrons. The average Bonchev–Trinajstić information content (AvgIpc) is 3.05. The molecule has 1 aliphatic rings. The number of nitrogens with one attached hydrogen (secondary N) is 1. The van der Waals surface area contributed by atoms with Gasteiger partial charge in [0.25, 0.3) is 21.6 Å². The van der Waals surface area contributed by atoms with Crippen LogP contribution in [0.25, 0.3) is 21.9 Å². The molecule has 0 aliphatic carbocycles. The number of fused-ring (bicyclic) bond motifs is 1. The number of nitro benzene ring substituents is 1. The summed E-state index contributed by atoms with van der Waals surface area (Å²) in [7, 11) is -4.43. The lowest BCUT2D eigenvalue weighted by Gasteiger charge is -2.36. The highest BCUT2D eigenvalue weighted by Gasteiger charge is 2.26. The molecule has 5 aromatic rings. The van der Waals surface area contributed by atoms with E-state index in [1.807, 2.05) is 4.72 Å². The molecule has 0 aromatic heterocycles. The van der Waals surface area contributed by atoms with Gasteiger partial charge >= 0.3 is 0 Å². The Bertz CT molecular complexity index is 2000. The van der Waals surface area contributed by atoms with Crippen molar-refractivity contribution in [1.82, 2.24) is 9.62 Å². The Labute approximate surface area is 260 Å². The molecule has 0 bridgehead atoms. The number of sulfonamides is 1. The van der Waals surface area contributed by atoms with Crippen LogP contribution in [0.2, 0.25) is 0 Å². The summed E-state index contributed by atoms with van der Waals surface area (Å²) < 4.78 is 27.6. The van der Waals surface area contributed by atoms with Crippen molar-refractivity contribution in [2.24, 2.45) is 0 Å². The van der Waals surface area contributed by atoms with Gasteiger partial charge in [0.15, 0.2) is 0 Å². The topological polar surface area (TPSA) is 139 Å². The number of hydrogen-bond donors (Lipinski definition) is 2. The fourth-order valence-electron chi connectivity index (χ4n) is 5.77. The second-order valence-electron chi connectivity index (χ2n) is 10.9. The maximum absolute atomic E-state index is 12.8. The van der Waals surface area contributed by atoms with E-state index in [1.54, 1.807) is 24.3 Å². The lowest BCUT2D eigenvalue weighted by Crippen LogP contribution is -2.46. The fraction of sp³-hybridized carbons (Fsp3) is 0.147. The number of anilines is 2. The van der Waals surface area contributed by atoms with Crippen molar-refractivity contribution < 1.29 is 18.1 Å². The minimum absolute atomic E-state index is 0.134. The first-order valence-electron chi connectivity index (χ1n) is 14.4. The van der Waals surface area contributed by atoms with Gasteiger partial charge in [0, 0.05) is 50.0 Å². The maximum Gasteiger partial charge on any atom is 0.293 e. The summed E-state index contributed by atoms with van der Waals surface area (Å²) in [5.74, 6) is -0.859. The zero-order valence-electron chi connectivity index (χ0n) is 24.3. The van der Waals surface area contributed by atoms with E-state index in [4.69, 9.17) is 5.73 Å². The zero-order chi connectivity index (χ0) is 31.6. The van der Waals surface area contributed by atoms with Crippen molar-refractivity contribution in [3.8, 4) is 11.1 Å². The molecule has 6 rings (SSSR count). The molecule has 1 saturated heterocycles. The molecular formula is C34H31N5O5S. The van der Waals surface area contributed by atoms with Crippen LogP contribution in [0.1, 0.15) is 15.9 Å². The highest BCUT2D eigenvalue weighted by molar-refractivity contribution is 7.90. The van der Waals surface area contributed by atoms with E-state index < -0.39 is 37.1 Å². The van der Waals surface area contributed by atoms with Gasteiger partial charge in [0.05, 0.1) is 4.92 Å². The van der Waals surface area contributed by atoms with Crippen LogP contribution >= 0.6 is 0 Å². The number of para-hydroxylation sites is 1. The van der Waals surface area contributed by atoms with Gasteiger partial charge in [-0.25, -0.2) is 13.1 Å². The number of rotatable bonds is 8. The second kappa shape index (κ2) is 12.4. The summed E-state index contributed by atoms with van der Waals surface area (Å²) in [5.41, 5.74) is 9.43. The zero-order valence-corrected chi connectivity index (χ0v) is 25.1. The number of nitrogens with zero attached hydrogens (tertiary/aromatic N) is 3. The van der Waals surface area contributed by atoms with Gasteiger partial charge in [0.1, 0.15) is 10.6 Å². The fourth-order valence-corrected chi connectivity index (χ4v) is 6.90. The molecule has 10 nitrogen and oxygen atoms in total. The summed E-state index contributed by atoms with van der Waals surface area (Å²) in [6.45, 7) is 4.13. The highest BCUT2D eigenvalue weighted by Crippen LogP contribution is 2.32. The number of benzene rings is 5. The molecule has 0 atom stereocenters. The molecule has 45 heavy (non-hydrogen) atoms. The predicted octanol–water partition coefficient (Wildman–Crippen LogP) is 5.44. The molecule has 0 spiro atoms. The summed E-state index contributed by atoms with van der Waals surface area (Å²) >= 11 is 0. The van der Waals surface area contributed by atoms with Crippen molar-refractivity contribution >= 4 is 43.8 Å². The maximum atomic E-state index is 12.8. The van der Waals surface area contributed by atoms with Crippen LogP contribution < -0.4 is 15.4 Å². The molecule has 11 heteroatoms.